The molecule has 0 unspecified atom stereocenters. The number of halogens is 2. The molecule has 1 aliphatic carbocycles. The molecule has 110 valence electrons. The summed E-state index contributed by atoms with van der Waals surface area (Å²) >= 11 is 3.45. The summed E-state index contributed by atoms with van der Waals surface area (Å²) in [5.41, 5.74) is 1.69. The first-order valence-electron chi connectivity index (χ1n) is 7.07. The predicted octanol–water partition coefficient (Wildman–Crippen LogP) is 4.94. The zero-order valence-corrected chi connectivity index (χ0v) is 13.4. The normalized spacial score (nSPS) is 14.2. The zero-order valence-electron chi connectivity index (χ0n) is 11.8. The fourth-order valence-electron chi connectivity index (χ4n) is 2.08. The minimum absolute atomic E-state index is 0.250. The molecule has 0 aliphatic heterocycles. The molecule has 2 nitrogen and oxygen atoms in total. The van der Waals surface area contributed by atoms with Crippen LogP contribution in [0.1, 0.15) is 24.0 Å². The monoisotopic (exact) mass is 349 g/mol. The highest BCUT2D eigenvalue weighted by Gasteiger charge is 2.20. The maximum Gasteiger partial charge on any atom is 0.133 e. The minimum Gasteiger partial charge on any atom is -0.457 e. The number of nitrogens with one attached hydrogen (secondary N) is 1. The van der Waals surface area contributed by atoms with E-state index in [-0.39, 0.29) is 5.82 Å². The van der Waals surface area contributed by atoms with E-state index < -0.39 is 0 Å². The van der Waals surface area contributed by atoms with Crippen LogP contribution < -0.4 is 10.1 Å². The number of benzene rings is 2. The lowest BCUT2D eigenvalue weighted by Crippen LogP contribution is -2.15. The third-order valence-corrected chi connectivity index (χ3v) is 4.05. The summed E-state index contributed by atoms with van der Waals surface area (Å²) in [6, 6.07) is 11.5. The first kappa shape index (κ1) is 14.5. The summed E-state index contributed by atoms with van der Waals surface area (Å²) in [6.45, 7) is 2.50. The molecule has 2 aromatic rings. The number of hydrogen-bond acceptors (Lipinski definition) is 2. The smallest absolute Gasteiger partial charge is 0.133 e. The topological polar surface area (TPSA) is 21.3 Å². The van der Waals surface area contributed by atoms with Gasteiger partial charge in [0.15, 0.2) is 0 Å². The first-order valence-corrected chi connectivity index (χ1v) is 7.87. The lowest BCUT2D eigenvalue weighted by Gasteiger charge is -2.13. The fraction of sp³-hybridized carbons (Fsp3) is 0.294. The van der Waals surface area contributed by atoms with E-state index in [9.17, 15) is 4.39 Å². The van der Waals surface area contributed by atoms with E-state index in [1.165, 1.54) is 18.9 Å². The van der Waals surface area contributed by atoms with Gasteiger partial charge in [0.25, 0.3) is 0 Å². The van der Waals surface area contributed by atoms with Crippen molar-refractivity contribution in [2.45, 2.75) is 32.4 Å². The van der Waals surface area contributed by atoms with Gasteiger partial charge in [-0.3, -0.25) is 0 Å². The van der Waals surface area contributed by atoms with Crippen LogP contribution in [0.4, 0.5) is 4.39 Å². The van der Waals surface area contributed by atoms with Crippen LogP contribution in [0, 0.1) is 12.7 Å². The van der Waals surface area contributed by atoms with Crippen LogP contribution in [0.25, 0.3) is 0 Å². The molecular weight excluding hydrogens is 333 g/mol. The summed E-state index contributed by atoms with van der Waals surface area (Å²) < 4.78 is 20.4. The Morgan fingerprint density at radius 3 is 2.76 bits per heavy atom. The van der Waals surface area contributed by atoms with Gasteiger partial charge in [0.05, 0.1) is 0 Å². The SMILES string of the molecule is Cc1ccc(Oc2cc(Br)ccc2CNC2CC2)cc1F. The molecule has 2 aromatic carbocycles. The van der Waals surface area contributed by atoms with Crippen LogP contribution in [-0.4, -0.2) is 6.04 Å². The van der Waals surface area contributed by atoms with Crippen LogP contribution in [-0.2, 0) is 6.54 Å². The van der Waals surface area contributed by atoms with Crippen molar-refractivity contribution in [2.75, 3.05) is 0 Å². The van der Waals surface area contributed by atoms with Crippen LogP contribution in [0.3, 0.4) is 0 Å². The summed E-state index contributed by atoms with van der Waals surface area (Å²) in [6.07, 6.45) is 2.49. The molecule has 0 atom stereocenters. The molecule has 0 aromatic heterocycles. The Labute approximate surface area is 132 Å². The molecule has 1 saturated carbocycles. The molecule has 1 aliphatic rings. The van der Waals surface area contributed by atoms with E-state index in [0.29, 0.717) is 17.4 Å². The second-order valence-electron chi connectivity index (χ2n) is 5.42. The molecule has 0 bridgehead atoms. The van der Waals surface area contributed by atoms with Gasteiger partial charge in [-0.1, -0.05) is 28.1 Å². The number of aryl methyl sites for hydroxylation is 1. The van der Waals surface area contributed by atoms with E-state index >= 15 is 0 Å². The average Bonchev–Trinajstić information content (AvgIpc) is 3.26. The summed E-state index contributed by atoms with van der Waals surface area (Å²) in [5, 5.41) is 3.47. The Morgan fingerprint density at radius 1 is 1.24 bits per heavy atom. The predicted molar refractivity (Wildman–Crippen MR) is 85.2 cm³/mol. The highest BCUT2D eigenvalue weighted by atomic mass is 79.9. The van der Waals surface area contributed by atoms with E-state index in [2.05, 4.69) is 21.2 Å². The highest BCUT2D eigenvalue weighted by molar-refractivity contribution is 9.10. The Morgan fingerprint density at radius 2 is 2.05 bits per heavy atom. The van der Waals surface area contributed by atoms with Gasteiger partial charge in [-0.2, -0.15) is 0 Å². The zero-order chi connectivity index (χ0) is 14.8. The maximum absolute atomic E-state index is 13.6. The molecule has 4 heteroatoms. The lowest BCUT2D eigenvalue weighted by molar-refractivity contribution is 0.466. The standard InChI is InChI=1S/C17H17BrFNO/c1-11-2-7-15(9-16(11)19)21-17-8-13(18)4-3-12(17)10-20-14-5-6-14/h2-4,7-9,14,20H,5-6,10H2,1H3. The highest BCUT2D eigenvalue weighted by Crippen LogP contribution is 2.30. The van der Waals surface area contributed by atoms with Crippen molar-refractivity contribution < 1.29 is 9.13 Å². The van der Waals surface area contributed by atoms with E-state index in [4.69, 9.17) is 4.74 Å². The Balaban J connectivity index is 1.81. The summed E-state index contributed by atoms with van der Waals surface area (Å²) in [5.74, 6) is 1.02. The molecule has 0 radical (unpaired) electrons. The van der Waals surface area contributed by atoms with Gasteiger partial charge in [-0.15, -0.1) is 0 Å². The molecule has 1 fully saturated rings. The van der Waals surface area contributed by atoms with Crippen molar-refractivity contribution in [1.82, 2.24) is 5.32 Å². The Kier molecular flexibility index (Phi) is 4.27. The quantitative estimate of drug-likeness (QED) is 0.825. The Bertz CT molecular complexity index is 655. The summed E-state index contributed by atoms with van der Waals surface area (Å²) in [7, 11) is 0. The van der Waals surface area contributed by atoms with Gasteiger partial charge >= 0.3 is 0 Å². The van der Waals surface area contributed by atoms with Crippen molar-refractivity contribution in [1.29, 1.82) is 0 Å². The van der Waals surface area contributed by atoms with Gasteiger partial charge < -0.3 is 10.1 Å². The first-order chi connectivity index (χ1) is 10.1. The van der Waals surface area contributed by atoms with Gasteiger partial charge in [0, 0.05) is 28.7 Å². The van der Waals surface area contributed by atoms with Crippen molar-refractivity contribution in [3.63, 3.8) is 0 Å². The number of hydrogen-bond donors (Lipinski definition) is 1. The molecule has 0 heterocycles. The van der Waals surface area contributed by atoms with Crippen molar-refractivity contribution >= 4 is 15.9 Å². The number of rotatable bonds is 5. The van der Waals surface area contributed by atoms with E-state index in [0.717, 1.165) is 22.3 Å². The van der Waals surface area contributed by atoms with E-state index in [1.807, 2.05) is 18.2 Å². The third kappa shape index (κ3) is 3.83. The van der Waals surface area contributed by atoms with Crippen molar-refractivity contribution in [3.8, 4) is 11.5 Å². The van der Waals surface area contributed by atoms with Crippen molar-refractivity contribution in [2.24, 2.45) is 0 Å². The number of ether oxygens (including phenoxy) is 1. The molecule has 3 rings (SSSR count). The second kappa shape index (κ2) is 6.16. The molecule has 0 amide bonds. The molecule has 21 heavy (non-hydrogen) atoms. The molecule has 0 saturated heterocycles. The Hall–Kier alpha value is -1.39. The van der Waals surface area contributed by atoms with E-state index in [1.54, 1.807) is 19.1 Å². The molecular formula is C17H17BrFNO. The van der Waals surface area contributed by atoms with Crippen LogP contribution >= 0.6 is 15.9 Å². The maximum atomic E-state index is 13.6. The third-order valence-electron chi connectivity index (χ3n) is 3.56. The van der Waals surface area contributed by atoms with Crippen LogP contribution in [0.15, 0.2) is 40.9 Å². The van der Waals surface area contributed by atoms with Gasteiger partial charge in [0.1, 0.15) is 17.3 Å². The molecule has 0 spiro atoms. The largest absolute Gasteiger partial charge is 0.457 e. The van der Waals surface area contributed by atoms with Crippen LogP contribution in [0.2, 0.25) is 0 Å². The van der Waals surface area contributed by atoms with Crippen molar-refractivity contribution in [3.05, 3.63) is 57.8 Å². The van der Waals surface area contributed by atoms with Crippen LogP contribution in [0.5, 0.6) is 11.5 Å². The van der Waals surface area contributed by atoms with Gasteiger partial charge in [-0.25, -0.2) is 4.39 Å². The second-order valence-corrected chi connectivity index (χ2v) is 6.34. The minimum atomic E-state index is -0.250. The van der Waals surface area contributed by atoms with Gasteiger partial charge in [0.2, 0.25) is 0 Å². The lowest BCUT2D eigenvalue weighted by atomic mass is 10.2. The molecule has 1 N–H and O–H groups in total. The summed E-state index contributed by atoms with van der Waals surface area (Å²) in [4.78, 5) is 0. The van der Waals surface area contributed by atoms with Gasteiger partial charge in [-0.05, 0) is 43.5 Å². The average molecular weight is 350 g/mol. The fourth-order valence-corrected chi connectivity index (χ4v) is 2.42.